The van der Waals surface area contributed by atoms with Crippen LogP contribution in [-0.2, 0) is 10.7 Å². The van der Waals surface area contributed by atoms with Gasteiger partial charge in [-0.25, -0.2) is 0 Å². The summed E-state index contributed by atoms with van der Waals surface area (Å²) < 4.78 is 6.12. The fraction of sp³-hybridized carbons (Fsp3) is 0.294. The van der Waals surface area contributed by atoms with Crippen LogP contribution >= 0.6 is 27.5 Å². The molecule has 0 aliphatic heterocycles. The molecule has 0 amide bonds. The molecule has 0 atom stereocenters. The largest absolute Gasteiger partial charge is 0.457 e. The van der Waals surface area contributed by atoms with Crippen molar-refractivity contribution in [1.29, 1.82) is 0 Å². The van der Waals surface area contributed by atoms with Gasteiger partial charge in [-0.2, -0.15) is 0 Å². The first-order chi connectivity index (χ1) is 9.41. The number of ether oxygens (including phenoxy) is 1. The van der Waals surface area contributed by atoms with E-state index >= 15 is 0 Å². The minimum absolute atomic E-state index is 0.0315. The predicted molar refractivity (Wildman–Crippen MR) is 89.3 cm³/mol. The molecule has 0 aliphatic rings. The Kier molecular flexibility index (Phi) is 4.77. The normalized spacial score (nSPS) is 11.4. The van der Waals surface area contributed by atoms with Crippen LogP contribution in [0.5, 0.6) is 11.5 Å². The Hall–Kier alpha value is -0.990. The Labute approximate surface area is 134 Å². The molecule has 0 spiro atoms. The number of alkyl halides is 1. The van der Waals surface area contributed by atoms with E-state index < -0.39 is 0 Å². The maximum absolute atomic E-state index is 6.12. The molecule has 0 saturated heterocycles. The first-order valence-electron chi connectivity index (χ1n) is 6.53. The molecular weight excluding hydrogens is 336 g/mol. The molecule has 0 radical (unpaired) electrons. The summed E-state index contributed by atoms with van der Waals surface area (Å²) in [6.07, 6.45) is 0. The fourth-order valence-electron chi connectivity index (χ4n) is 2.03. The standard InChI is InChI=1S/C17H18BrClO/c1-17(2,3)14-6-4-5-7-15(14)20-16-10-13(19)9-8-12(16)11-18/h4-10H,11H2,1-3H3. The molecule has 0 fully saturated rings. The lowest BCUT2D eigenvalue weighted by Crippen LogP contribution is -2.12. The number of hydrogen-bond acceptors (Lipinski definition) is 1. The third-order valence-corrected chi connectivity index (χ3v) is 3.93. The molecule has 106 valence electrons. The van der Waals surface area contributed by atoms with Crippen molar-refractivity contribution in [1.82, 2.24) is 0 Å². The molecule has 0 heterocycles. The van der Waals surface area contributed by atoms with Gasteiger partial charge >= 0.3 is 0 Å². The van der Waals surface area contributed by atoms with Gasteiger partial charge in [-0.3, -0.25) is 0 Å². The maximum atomic E-state index is 6.12. The van der Waals surface area contributed by atoms with Crippen LogP contribution < -0.4 is 4.74 Å². The van der Waals surface area contributed by atoms with E-state index in [0.29, 0.717) is 5.02 Å². The van der Waals surface area contributed by atoms with Crippen LogP contribution in [0, 0.1) is 0 Å². The Morgan fingerprint density at radius 1 is 1.05 bits per heavy atom. The molecule has 0 N–H and O–H groups in total. The molecule has 2 rings (SSSR count). The Morgan fingerprint density at radius 2 is 1.75 bits per heavy atom. The zero-order chi connectivity index (χ0) is 14.8. The fourth-order valence-corrected chi connectivity index (χ4v) is 2.65. The summed E-state index contributed by atoms with van der Waals surface area (Å²) in [6.45, 7) is 6.54. The second-order valence-electron chi connectivity index (χ2n) is 5.73. The van der Waals surface area contributed by atoms with Crippen molar-refractivity contribution in [2.45, 2.75) is 31.5 Å². The molecule has 0 aliphatic carbocycles. The van der Waals surface area contributed by atoms with Gasteiger partial charge in [-0.15, -0.1) is 0 Å². The molecular formula is C17H18BrClO. The van der Waals surface area contributed by atoms with Crippen LogP contribution in [0.4, 0.5) is 0 Å². The van der Waals surface area contributed by atoms with E-state index in [1.807, 2.05) is 36.4 Å². The van der Waals surface area contributed by atoms with Gasteiger partial charge in [0.2, 0.25) is 0 Å². The minimum atomic E-state index is 0.0315. The van der Waals surface area contributed by atoms with Crippen molar-refractivity contribution in [2.24, 2.45) is 0 Å². The van der Waals surface area contributed by atoms with Crippen molar-refractivity contribution in [3.05, 3.63) is 58.6 Å². The zero-order valence-corrected chi connectivity index (χ0v) is 14.3. The van der Waals surface area contributed by atoms with Crippen molar-refractivity contribution in [2.75, 3.05) is 0 Å². The van der Waals surface area contributed by atoms with Crippen molar-refractivity contribution in [3.8, 4) is 11.5 Å². The Morgan fingerprint density at radius 3 is 2.40 bits per heavy atom. The van der Waals surface area contributed by atoms with Gasteiger partial charge < -0.3 is 4.74 Å². The van der Waals surface area contributed by atoms with Crippen LogP contribution in [-0.4, -0.2) is 0 Å². The van der Waals surface area contributed by atoms with Gasteiger partial charge in [-0.05, 0) is 23.6 Å². The summed E-state index contributed by atoms with van der Waals surface area (Å²) in [6, 6.07) is 13.8. The summed E-state index contributed by atoms with van der Waals surface area (Å²) in [5, 5.41) is 1.41. The van der Waals surface area contributed by atoms with E-state index in [1.54, 1.807) is 0 Å². The van der Waals surface area contributed by atoms with Crippen LogP contribution in [0.15, 0.2) is 42.5 Å². The minimum Gasteiger partial charge on any atom is -0.457 e. The molecule has 0 unspecified atom stereocenters. The van der Waals surface area contributed by atoms with E-state index in [0.717, 1.165) is 22.4 Å². The first-order valence-corrected chi connectivity index (χ1v) is 8.03. The second kappa shape index (κ2) is 6.19. The van der Waals surface area contributed by atoms with E-state index in [4.69, 9.17) is 16.3 Å². The van der Waals surface area contributed by atoms with Gasteiger partial charge in [0.15, 0.2) is 0 Å². The van der Waals surface area contributed by atoms with Gasteiger partial charge in [0.25, 0.3) is 0 Å². The highest BCUT2D eigenvalue weighted by Gasteiger charge is 2.19. The third-order valence-electron chi connectivity index (χ3n) is 3.09. The zero-order valence-electron chi connectivity index (χ0n) is 11.9. The summed E-state index contributed by atoms with van der Waals surface area (Å²) in [4.78, 5) is 0. The van der Waals surface area contributed by atoms with E-state index in [9.17, 15) is 0 Å². The molecule has 0 aromatic heterocycles. The van der Waals surface area contributed by atoms with Gasteiger partial charge in [-0.1, -0.05) is 72.6 Å². The second-order valence-corrected chi connectivity index (χ2v) is 6.73. The summed E-state index contributed by atoms with van der Waals surface area (Å²) in [5.41, 5.74) is 2.29. The molecule has 0 bridgehead atoms. The van der Waals surface area contributed by atoms with E-state index in [1.165, 1.54) is 5.56 Å². The monoisotopic (exact) mass is 352 g/mol. The Bertz CT molecular complexity index is 602. The predicted octanol–water partition coefficient (Wildman–Crippen LogP) is 6.32. The molecule has 20 heavy (non-hydrogen) atoms. The SMILES string of the molecule is CC(C)(C)c1ccccc1Oc1cc(Cl)ccc1CBr. The van der Waals surface area contributed by atoms with E-state index in [2.05, 4.69) is 42.8 Å². The molecule has 2 aromatic carbocycles. The average molecular weight is 354 g/mol. The van der Waals surface area contributed by atoms with E-state index in [-0.39, 0.29) is 5.41 Å². The highest BCUT2D eigenvalue weighted by Crippen LogP contribution is 2.36. The van der Waals surface area contributed by atoms with Crippen LogP contribution in [0.3, 0.4) is 0 Å². The number of halogens is 2. The summed E-state index contributed by atoms with van der Waals surface area (Å²) in [7, 11) is 0. The van der Waals surface area contributed by atoms with Gasteiger partial charge in [0.1, 0.15) is 11.5 Å². The molecule has 1 nitrogen and oxygen atoms in total. The van der Waals surface area contributed by atoms with Gasteiger partial charge in [0.05, 0.1) is 0 Å². The van der Waals surface area contributed by atoms with Gasteiger partial charge in [0, 0.05) is 21.5 Å². The maximum Gasteiger partial charge on any atom is 0.132 e. The van der Waals surface area contributed by atoms with Crippen LogP contribution in [0.25, 0.3) is 0 Å². The average Bonchev–Trinajstić information content (AvgIpc) is 2.38. The lowest BCUT2D eigenvalue weighted by Gasteiger charge is -2.23. The topological polar surface area (TPSA) is 9.23 Å². The molecule has 0 saturated carbocycles. The first kappa shape index (κ1) is 15.4. The number of benzene rings is 2. The molecule has 3 heteroatoms. The van der Waals surface area contributed by atoms with Crippen molar-refractivity contribution < 1.29 is 4.74 Å². The van der Waals surface area contributed by atoms with Crippen molar-refractivity contribution >= 4 is 27.5 Å². The van der Waals surface area contributed by atoms with Crippen molar-refractivity contribution in [3.63, 3.8) is 0 Å². The summed E-state index contributed by atoms with van der Waals surface area (Å²) >= 11 is 9.56. The Balaban J connectivity index is 2.43. The number of hydrogen-bond donors (Lipinski definition) is 0. The quantitative estimate of drug-likeness (QED) is 0.586. The third kappa shape index (κ3) is 3.56. The smallest absolute Gasteiger partial charge is 0.132 e. The highest BCUT2D eigenvalue weighted by atomic mass is 79.9. The highest BCUT2D eigenvalue weighted by molar-refractivity contribution is 9.08. The number of para-hydroxylation sites is 1. The van der Waals surface area contributed by atoms with Crippen LogP contribution in [0.2, 0.25) is 5.02 Å². The molecule has 2 aromatic rings. The lowest BCUT2D eigenvalue weighted by atomic mass is 9.86. The lowest BCUT2D eigenvalue weighted by molar-refractivity contribution is 0.452. The van der Waals surface area contributed by atoms with Crippen LogP contribution in [0.1, 0.15) is 31.9 Å². The summed E-state index contributed by atoms with van der Waals surface area (Å²) in [5.74, 6) is 1.68. The number of rotatable bonds is 3.